The van der Waals surface area contributed by atoms with Crippen molar-refractivity contribution in [2.75, 3.05) is 13.6 Å². The van der Waals surface area contributed by atoms with Gasteiger partial charge in [0.2, 0.25) is 0 Å². The van der Waals surface area contributed by atoms with Crippen molar-refractivity contribution in [1.82, 2.24) is 4.90 Å². The van der Waals surface area contributed by atoms with Crippen LogP contribution in [0.2, 0.25) is 10.0 Å². The lowest BCUT2D eigenvalue weighted by atomic mass is 10.1. The molecule has 6 heteroatoms. The van der Waals surface area contributed by atoms with E-state index >= 15 is 0 Å². The summed E-state index contributed by atoms with van der Waals surface area (Å²) in [6, 6.07) is 12.2. The van der Waals surface area contributed by atoms with Crippen molar-refractivity contribution in [2.45, 2.75) is 26.0 Å². The summed E-state index contributed by atoms with van der Waals surface area (Å²) in [5.74, 6) is -0.235. The first-order chi connectivity index (χ1) is 11.9. The Morgan fingerprint density at radius 3 is 2.60 bits per heavy atom. The topological polar surface area (TPSA) is 49.8 Å². The maximum absolute atomic E-state index is 11.1. The fourth-order valence-electron chi connectivity index (χ4n) is 2.52. The molecule has 134 valence electrons. The minimum Gasteiger partial charge on any atom is -0.489 e. The highest BCUT2D eigenvalue weighted by Gasteiger charge is 2.13. The summed E-state index contributed by atoms with van der Waals surface area (Å²) in [5, 5.41) is 10.0. The third-order valence-electron chi connectivity index (χ3n) is 3.79. The van der Waals surface area contributed by atoms with E-state index in [1.165, 1.54) is 0 Å². The van der Waals surface area contributed by atoms with Crippen molar-refractivity contribution in [3.63, 3.8) is 0 Å². The Morgan fingerprint density at radius 1 is 1.20 bits per heavy atom. The van der Waals surface area contributed by atoms with E-state index in [0.29, 0.717) is 34.4 Å². The third kappa shape index (κ3) is 5.92. The maximum atomic E-state index is 11.1. The maximum Gasteiger partial charge on any atom is 0.335 e. The standard InChI is InChI=1S/C19H21Cl2NO3/c1-3-15(25-16-7-8-17(20)18(21)10-16)12-22(2)11-13-5-4-6-14(9-13)19(23)24/h4-10,15H,3,11-12H2,1-2H3,(H,23,24). The zero-order valence-corrected chi connectivity index (χ0v) is 15.7. The van der Waals surface area contributed by atoms with Gasteiger partial charge in [-0.1, -0.05) is 42.3 Å². The molecule has 4 nitrogen and oxygen atoms in total. The number of benzene rings is 2. The minimum atomic E-state index is -0.918. The van der Waals surface area contributed by atoms with Crippen molar-refractivity contribution < 1.29 is 14.6 Å². The molecule has 0 aromatic heterocycles. The first-order valence-electron chi connectivity index (χ1n) is 8.01. The first kappa shape index (κ1) is 19.6. The number of hydrogen-bond donors (Lipinski definition) is 1. The SMILES string of the molecule is CCC(CN(C)Cc1cccc(C(=O)O)c1)Oc1ccc(Cl)c(Cl)c1. The lowest BCUT2D eigenvalue weighted by molar-refractivity contribution is 0.0696. The summed E-state index contributed by atoms with van der Waals surface area (Å²) in [6.07, 6.45) is 0.824. The fourth-order valence-corrected chi connectivity index (χ4v) is 2.81. The number of halogens is 2. The molecule has 0 bridgehead atoms. The number of hydrogen-bond acceptors (Lipinski definition) is 3. The fraction of sp³-hybridized carbons (Fsp3) is 0.316. The summed E-state index contributed by atoms with van der Waals surface area (Å²) in [6.45, 7) is 3.40. The Kier molecular flexibility index (Phi) is 7.12. The molecule has 2 aromatic rings. The highest BCUT2D eigenvalue weighted by atomic mass is 35.5. The number of nitrogens with zero attached hydrogens (tertiary/aromatic N) is 1. The van der Waals surface area contributed by atoms with Crippen molar-refractivity contribution in [2.24, 2.45) is 0 Å². The summed E-state index contributed by atoms with van der Waals surface area (Å²) < 4.78 is 5.99. The second kappa shape index (κ2) is 9.09. The number of carboxylic acids is 1. The van der Waals surface area contributed by atoms with Gasteiger partial charge in [-0.25, -0.2) is 4.79 Å². The molecule has 0 aliphatic rings. The summed E-state index contributed by atoms with van der Waals surface area (Å²) in [4.78, 5) is 13.2. The van der Waals surface area contributed by atoms with Gasteiger partial charge in [0.15, 0.2) is 0 Å². The molecule has 2 aromatic carbocycles. The van der Waals surface area contributed by atoms with Crippen molar-refractivity contribution in [3.05, 3.63) is 63.6 Å². The van der Waals surface area contributed by atoms with Crippen LogP contribution in [0.25, 0.3) is 0 Å². The summed E-state index contributed by atoms with van der Waals surface area (Å²) in [7, 11) is 1.98. The van der Waals surface area contributed by atoms with Crippen LogP contribution in [-0.4, -0.2) is 35.7 Å². The smallest absolute Gasteiger partial charge is 0.335 e. The van der Waals surface area contributed by atoms with E-state index in [1.807, 2.05) is 13.1 Å². The van der Waals surface area contributed by atoms with Crippen molar-refractivity contribution in [3.8, 4) is 5.75 Å². The highest BCUT2D eigenvalue weighted by molar-refractivity contribution is 6.42. The molecular formula is C19H21Cl2NO3. The Labute approximate surface area is 157 Å². The number of ether oxygens (including phenoxy) is 1. The van der Waals surface area contributed by atoms with Crippen molar-refractivity contribution in [1.29, 1.82) is 0 Å². The first-order valence-corrected chi connectivity index (χ1v) is 8.77. The van der Waals surface area contributed by atoms with Crippen molar-refractivity contribution >= 4 is 29.2 Å². The van der Waals surface area contributed by atoms with Gasteiger partial charge in [-0.05, 0) is 43.3 Å². The van der Waals surface area contributed by atoms with Crippen LogP contribution in [0.5, 0.6) is 5.75 Å². The van der Waals surface area contributed by atoms with Gasteiger partial charge in [0.05, 0.1) is 15.6 Å². The van der Waals surface area contributed by atoms with Crippen LogP contribution in [0.15, 0.2) is 42.5 Å². The molecular weight excluding hydrogens is 361 g/mol. The predicted molar refractivity (Wildman–Crippen MR) is 101 cm³/mol. The van der Waals surface area contributed by atoms with E-state index in [-0.39, 0.29) is 6.10 Å². The Balaban J connectivity index is 1.97. The van der Waals surface area contributed by atoms with Gasteiger partial charge in [-0.2, -0.15) is 0 Å². The number of likely N-dealkylation sites (N-methyl/N-ethyl adjacent to an activating group) is 1. The molecule has 1 unspecified atom stereocenters. The van der Waals surface area contributed by atoms with Gasteiger partial charge in [0, 0.05) is 19.2 Å². The van der Waals surface area contributed by atoms with Crippen LogP contribution < -0.4 is 4.74 Å². The molecule has 1 N–H and O–H groups in total. The van der Waals surface area contributed by atoms with Gasteiger partial charge >= 0.3 is 5.97 Å². The normalized spacial score (nSPS) is 12.2. The second-order valence-electron chi connectivity index (χ2n) is 5.93. The number of carbonyl (C=O) groups is 1. The average molecular weight is 382 g/mol. The quantitative estimate of drug-likeness (QED) is 0.700. The largest absolute Gasteiger partial charge is 0.489 e. The van der Waals surface area contributed by atoms with Crippen LogP contribution >= 0.6 is 23.2 Å². The van der Waals surface area contributed by atoms with Gasteiger partial charge in [-0.15, -0.1) is 0 Å². The molecule has 0 saturated carbocycles. The van der Waals surface area contributed by atoms with Gasteiger partial charge in [-0.3, -0.25) is 4.90 Å². The van der Waals surface area contributed by atoms with Crippen LogP contribution in [-0.2, 0) is 6.54 Å². The zero-order chi connectivity index (χ0) is 18.4. The molecule has 25 heavy (non-hydrogen) atoms. The summed E-state index contributed by atoms with van der Waals surface area (Å²) in [5.41, 5.74) is 1.25. The molecule has 0 heterocycles. The number of aromatic carboxylic acids is 1. The lowest BCUT2D eigenvalue weighted by Gasteiger charge is -2.24. The van der Waals surface area contributed by atoms with E-state index in [2.05, 4.69) is 11.8 Å². The van der Waals surface area contributed by atoms with E-state index in [9.17, 15) is 4.79 Å². The summed E-state index contributed by atoms with van der Waals surface area (Å²) >= 11 is 11.9. The van der Waals surface area contributed by atoms with Crippen LogP contribution in [0.1, 0.15) is 29.3 Å². The van der Waals surface area contributed by atoms with E-state index in [0.717, 1.165) is 12.0 Å². The second-order valence-corrected chi connectivity index (χ2v) is 6.74. The highest BCUT2D eigenvalue weighted by Crippen LogP contribution is 2.27. The molecule has 0 spiro atoms. The van der Waals surface area contributed by atoms with Gasteiger partial charge in [0.1, 0.15) is 11.9 Å². The lowest BCUT2D eigenvalue weighted by Crippen LogP contribution is -2.32. The van der Waals surface area contributed by atoms with E-state index in [1.54, 1.807) is 36.4 Å². The monoisotopic (exact) mass is 381 g/mol. The molecule has 0 amide bonds. The number of rotatable bonds is 8. The number of carboxylic acid groups (broad SMARTS) is 1. The van der Waals surface area contributed by atoms with Gasteiger partial charge < -0.3 is 9.84 Å². The molecule has 2 rings (SSSR count). The molecule has 0 aliphatic carbocycles. The Hall–Kier alpha value is -1.75. The van der Waals surface area contributed by atoms with E-state index < -0.39 is 5.97 Å². The van der Waals surface area contributed by atoms with E-state index in [4.69, 9.17) is 33.0 Å². The third-order valence-corrected chi connectivity index (χ3v) is 4.53. The molecule has 0 saturated heterocycles. The minimum absolute atomic E-state index is 0.00935. The van der Waals surface area contributed by atoms with Gasteiger partial charge in [0.25, 0.3) is 0 Å². The zero-order valence-electron chi connectivity index (χ0n) is 14.2. The Bertz CT molecular complexity index is 736. The van der Waals surface area contributed by atoms with Crippen LogP contribution in [0, 0.1) is 0 Å². The molecule has 1 atom stereocenters. The Morgan fingerprint density at radius 2 is 1.96 bits per heavy atom. The average Bonchev–Trinajstić information content (AvgIpc) is 2.57. The predicted octanol–water partition coefficient (Wildman–Crippen LogP) is 4.98. The van der Waals surface area contributed by atoms with Crippen LogP contribution in [0.3, 0.4) is 0 Å². The molecule has 0 aliphatic heterocycles. The van der Waals surface area contributed by atoms with Crippen LogP contribution in [0.4, 0.5) is 0 Å². The molecule has 0 radical (unpaired) electrons. The molecule has 0 fully saturated rings.